The third-order valence-corrected chi connectivity index (χ3v) is 5.18. The van der Waals surface area contributed by atoms with Crippen LogP contribution in [0.3, 0.4) is 0 Å². The maximum atomic E-state index is 6.26. The molecule has 1 aliphatic carbocycles. The lowest BCUT2D eigenvalue weighted by Crippen LogP contribution is -2.58. The second-order valence-corrected chi connectivity index (χ2v) is 6.40. The van der Waals surface area contributed by atoms with Gasteiger partial charge in [-0.05, 0) is 38.6 Å². The highest BCUT2D eigenvalue weighted by Gasteiger charge is 2.44. The monoisotopic (exact) mass is 269 g/mol. The summed E-state index contributed by atoms with van der Waals surface area (Å²) in [6.45, 7) is 7.01. The summed E-state index contributed by atoms with van der Waals surface area (Å²) >= 11 is 0. The molecule has 2 rings (SSSR count). The van der Waals surface area contributed by atoms with Crippen molar-refractivity contribution in [1.82, 2.24) is 5.32 Å². The van der Waals surface area contributed by atoms with Gasteiger partial charge >= 0.3 is 0 Å². The average Bonchev–Trinajstić information content (AvgIpc) is 2.43. The largest absolute Gasteiger partial charge is 0.381 e. The molecule has 0 aromatic carbocycles. The lowest BCUT2D eigenvalue weighted by atomic mass is 9.71. The molecule has 3 nitrogen and oxygen atoms in total. The third-order valence-electron chi connectivity index (χ3n) is 5.18. The predicted octanol–water partition coefficient (Wildman–Crippen LogP) is 2.99. The van der Waals surface area contributed by atoms with Gasteiger partial charge in [-0.15, -0.1) is 0 Å². The van der Waals surface area contributed by atoms with Gasteiger partial charge in [0.15, 0.2) is 0 Å². The van der Waals surface area contributed by atoms with E-state index >= 15 is 0 Å². The van der Waals surface area contributed by atoms with E-state index < -0.39 is 0 Å². The van der Waals surface area contributed by atoms with Gasteiger partial charge in [0.05, 0.1) is 5.60 Å². The summed E-state index contributed by atoms with van der Waals surface area (Å²) < 4.78 is 11.8. The van der Waals surface area contributed by atoms with E-state index in [2.05, 4.69) is 26.2 Å². The molecule has 0 aromatic heterocycles. The van der Waals surface area contributed by atoms with Crippen LogP contribution in [-0.4, -0.2) is 38.5 Å². The van der Waals surface area contributed by atoms with Gasteiger partial charge < -0.3 is 14.8 Å². The molecule has 1 unspecified atom stereocenters. The fraction of sp³-hybridized carbons (Fsp3) is 1.00. The smallest absolute Gasteiger partial charge is 0.0880 e. The van der Waals surface area contributed by atoms with Crippen LogP contribution in [0.25, 0.3) is 0 Å². The maximum absolute atomic E-state index is 6.26. The van der Waals surface area contributed by atoms with E-state index in [-0.39, 0.29) is 5.60 Å². The van der Waals surface area contributed by atoms with Crippen molar-refractivity contribution < 1.29 is 9.47 Å². The zero-order valence-corrected chi connectivity index (χ0v) is 12.9. The first-order valence-electron chi connectivity index (χ1n) is 8.11. The molecule has 1 saturated carbocycles. The van der Waals surface area contributed by atoms with Gasteiger partial charge in [-0.2, -0.15) is 0 Å². The first kappa shape index (κ1) is 15.3. The van der Waals surface area contributed by atoms with E-state index in [1.165, 1.54) is 25.7 Å². The summed E-state index contributed by atoms with van der Waals surface area (Å²) in [6.07, 6.45) is 7.53. The molecule has 1 aliphatic heterocycles. The van der Waals surface area contributed by atoms with E-state index in [0.717, 1.165) is 44.5 Å². The minimum atomic E-state index is 0.00694. The lowest BCUT2D eigenvalue weighted by Gasteiger charge is -2.47. The van der Waals surface area contributed by atoms with Crippen LogP contribution in [0.4, 0.5) is 0 Å². The molecule has 1 N–H and O–H groups in total. The Bertz CT molecular complexity index is 250. The molecule has 19 heavy (non-hydrogen) atoms. The van der Waals surface area contributed by atoms with E-state index in [1.54, 1.807) is 0 Å². The molecular formula is C16H31NO2. The van der Waals surface area contributed by atoms with Crippen molar-refractivity contribution in [1.29, 1.82) is 0 Å². The number of likely N-dealkylation sites (N-methyl/N-ethyl adjacent to an activating group) is 1. The molecule has 0 aromatic rings. The Labute approximate surface area is 118 Å². The molecule has 3 heteroatoms. The lowest BCUT2D eigenvalue weighted by molar-refractivity contribution is -0.137. The van der Waals surface area contributed by atoms with Crippen LogP contribution in [-0.2, 0) is 9.47 Å². The van der Waals surface area contributed by atoms with Gasteiger partial charge in [-0.3, -0.25) is 0 Å². The SMILES string of the molecule is CCOC1(C(NC)C2CCC(C)CC2)CCOCC1. The minimum Gasteiger partial charge on any atom is -0.381 e. The Morgan fingerprint density at radius 1 is 1.21 bits per heavy atom. The normalized spacial score (nSPS) is 33.0. The molecule has 1 heterocycles. The van der Waals surface area contributed by atoms with Gasteiger partial charge in [0.1, 0.15) is 0 Å². The second-order valence-electron chi connectivity index (χ2n) is 6.40. The van der Waals surface area contributed by atoms with Crippen molar-refractivity contribution in [2.45, 2.75) is 64.0 Å². The average molecular weight is 269 g/mol. The van der Waals surface area contributed by atoms with Crippen LogP contribution in [0.1, 0.15) is 52.4 Å². The van der Waals surface area contributed by atoms with Crippen molar-refractivity contribution >= 4 is 0 Å². The van der Waals surface area contributed by atoms with Crippen LogP contribution in [0.5, 0.6) is 0 Å². The van der Waals surface area contributed by atoms with E-state index in [4.69, 9.17) is 9.47 Å². The maximum Gasteiger partial charge on any atom is 0.0880 e. The standard InChI is InChI=1S/C16H31NO2/c1-4-19-16(9-11-18-12-10-16)15(17-3)14-7-5-13(2)6-8-14/h13-15,17H,4-12H2,1-3H3. The molecule has 1 saturated heterocycles. The molecule has 1 atom stereocenters. The fourth-order valence-corrected chi connectivity index (χ4v) is 4.10. The zero-order valence-electron chi connectivity index (χ0n) is 12.9. The summed E-state index contributed by atoms with van der Waals surface area (Å²) in [5.74, 6) is 1.68. The Morgan fingerprint density at radius 3 is 2.37 bits per heavy atom. The van der Waals surface area contributed by atoms with Gasteiger partial charge in [0.25, 0.3) is 0 Å². The van der Waals surface area contributed by atoms with Crippen molar-refractivity contribution in [2.75, 3.05) is 26.9 Å². The first-order valence-corrected chi connectivity index (χ1v) is 8.11. The molecule has 2 aliphatic rings. The summed E-state index contributed by atoms with van der Waals surface area (Å²) in [5.41, 5.74) is 0.00694. The van der Waals surface area contributed by atoms with Gasteiger partial charge in [0, 0.05) is 38.7 Å². The fourth-order valence-electron chi connectivity index (χ4n) is 4.10. The Morgan fingerprint density at radius 2 is 1.84 bits per heavy atom. The Balaban J connectivity index is 2.07. The summed E-state index contributed by atoms with van der Waals surface area (Å²) in [5, 5.41) is 3.60. The van der Waals surface area contributed by atoms with Gasteiger partial charge in [0.2, 0.25) is 0 Å². The number of rotatable bonds is 5. The van der Waals surface area contributed by atoms with Crippen LogP contribution in [0.15, 0.2) is 0 Å². The van der Waals surface area contributed by atoms with Crippen LogP contribution in [0.2, 0.25) is 0 Å². The number of ether oxygens (including phenoxy) is 2. The van der Waals surface area contributed by atoms with Crippen molar-refractivity contribution in [3.05, 3.63) is 0 Å². The Hall–Kier alpha value is -0.120. The molecule has 2 fully saturated rings. The highest BCUT2D eigenvalue weighted by atomic mass is 16.5. The van der Waals surface area contributed by atoms with Gasteiger partial charge in [-0.25, -0.2) is 0 Å². The summed E-state index contributed by atoms with van der Waals surface area (Å²) in [4.78, 5) is 0. The van der Waals surface area contributed by atoms with E-state index in [0.29, 0.717) is 6.04 Å². The van der Waals surface area contributed by atoms with Crippen LogP contribution in [0, 0.1) is 11.8 Å². The van der Waals surface area contributed by atoms with Crippen LogP contribution >= 0.6 is 0 Å². The van der Waals surface area contributed by atoms with E-state index in [1.807, 2.05) is 0 Å². The molecule has 0 bridgehead atoms. The molecular weight excluding hydrogens is 238 g/mol. The van der Waals surface area contributed by atoms with Crippen LogP contribution < -0.4 is 5.32 Å². The molecule has 112 valence electrons. The number of hydrogen-bond donors (Lipinski definition) is 1. The summed E-state index contributed by atoms with van der Waals surface area (Å²) in [7, 11) is 2.11. The van der Waals surface area contributed by atoms with E-state index in [9.17, 15) is 0 Å². The summed E-state index contributed by atoms with van der Waals surface area (Å²) in [6, 6.07) is 0.490. The highest BCUT2D eigenvalue weighted by molar-refractivity contribution is 4.99. The second kappa shape index (κ2) is 7.05. The quantitative estimate of drug-likeness (QED) is 0.832. The third kappa shape index (κ3) is 3.50. The number of nitrogens with one attached hydrogen (secondary N) is 1. The van der Waals surface area contributed by atoms with Crippen molar-refractivity contribution in [3.8, 4) is 0 Å². The minimum absolute atomic E-state index is 0.00694. The van der Waals surface area contributed by atoms with Gasteiger partial charge in [-0.1, -0.05) is 19.8 Å². The van der Waals surface area contributed by atoms with Crippen molar-refractivity contribution in [3.63, 3.8) is 0 Å². The highest BCUT2D eigenvalue weighted by Crippen LogP contribution is 2.39. The number of hydrogen-bond acceptors (Lipinski definition) is 3. The predicted molar refractivity (Wildman–Crippen MR) is 78.4 cm³/mol. The first-order chi connectivity index (χ1) is 9.22. The molecule has 0 spiro atoms. The molecule has 0 radical (unpaired) electrons. The topological polar surface area (TPSA) is 30.5 Å². The zero-order chi connectivity index (χ0) is 13.7. The van der Waals surface area contributed by atoms with Crippen molar-refractivity contribution in [2.24, 2.45) is 11.8 Å². The Kier molecular flexibility index (Phi) is 5.67. The molecule has 0 amide bonds.